The Labute approximate surface area is 220 Å². The van der Waals surface area contributed by atoms with E-state index < -0.39 is 17.9 Å². The Morgan fingerprint density at radius 3 is 2.14 bits per heavy atom. The second-order valence-electron chi connectivity index (χ2n) is 7.49. The van der Waals surface area contributed by atoms with Crippen LogP contribution < -0.4 is 10.1 Å². The summed E-state index contributed by atoms with van der Waals surface area (Å²) in [5, 5.41) is 13.9. The van der Waals surface area contributed by atoms with Gasteiger partial charge >= 0.3 is 5.97 Å². The molecule has 0 fully saturated rings. The molecule has 1 aromatic heterocycles. The number of hydrogen-bond donors (Lipinski definition) is 2. The summed E-state index contributed by atoms with van der Waals surface area (Å²) in [6.45, 7) is 0. The van der Waals surface area contributed by atoms with Crippen molar-refractivity contribution in [3.05, 3.63) is 97.9 Å². The minimum absolute atomic E-state index is 0.0240. The summed E-state index contributed by atoms with van der Waals surface area (Å²) in [5.74, 6) is -1.26. The molecule has 0 saturated heterocycles. The fraction of sp³-hybridized carbons (Fsp3) is 0.0800. The van der Waals surface area contributed by atoms with Crippen molar-refractivity contribution in [1.82, 2.24) is 10.3 Å². The molecule has 1 heterocycles. The summed E-state index contributed by atoms with van der Waals surface area (Å²) in [6, 6.07) is 17.1. The Balaban J connectivity index is 1.53. The van der Waals surface area contributed by atoms with Crippen LogP contribution in [0.2, 0.25) is 20.1 Å². The minimum Gasteiger partial charge on any atom is -0.480 e. The molecule has 1 atom stereocenters. The Morgan fingerprint density at radius 1 is 0.886 bits per heavy atom. The fourth-order valence-electron chi connectivity index (χ4n) is 3.41. The summed E-state index contributed by atoms with van der Waals surface area (Å²) in [7, 11) is 0. The van der Waals surface area contributed by atoms with Gasteiger partial charge in [-0.25, -0.2) is 9.78 Å². The molecule has 4 rings (SSSR count). The summed E-state index contributed by atoms with van der Waals surface area (Å²) in [6.07, 6.45) is 0.0343. The lowest BCUT2D eigenvalue weighted by Gasteiger charge is -2.16. The molecular weight excluding hydrogens is 534 g/mol. The highest BCUT2D eigenvalue weighted by atomic mass is 35.5. The second-order valence-corrected chi connectivity index (χ2v) is 9.12. The van der Waals surface area contributed by atoms with E-state index in [0.29, 0.717) is 32.8 Å². The number of ether oxygens (including phenoxy) is 1. The predicted molar refractivity (Wildman–Crippen MR) is 137 cm³/mol. The molecule has 35 heavy (non-hydrogen) atoms. The first-order valence-corrected chi connectivity index (χ1v) is 11.7. The van der Waals surface area contributed by atoms with Crippen molar-refractivity contribution in [2.75, 3.05) is 0 Å². The number of carbonyl (C=O) groups excluding carboxylic acids is 1. The molecule has 6 nitrogen and oxygen atoms in total. The van der Waals surface area contributed by atoms with Crippen molar-refractivity contribution in [2.45, 2.75) is 12.5 Å². The number of fused-ring (bicyclic) bond motifs is 1. The van der Waals surface area contributed by atoms with Crippen molar-refractivity contribution in [3.8, 4) is 11.6 Å². The van der Waals surface area contributed by atoms with Gasteiger partial charge in [0, 0.05) is 17.9 Å². The zero-order valence-corrected chi connectivity index (χ0v) is 20.8. The van der Waals surface area contributed by atoms with Crippen molar-refractivity contribution >= 4 is 69.2 Å². The quantitative estimate of drug-likeness (QED) is 0.257. The van der Waals surface area contributed by atoms with Crippen LogP contribution in [0.3, 0.4) is 0 Å². The number of para-hydroxylation sites is 1. The molecule has 0 aliphatic rings. The molecule has 0 bridgehead atoms. The van der Waals surface area contributed by atoms with Gasteiger partial charge in [-0.3, -0.25) is 4.79 Å². The number of nitrogens with zero attached hydrogens (tertiary/aromatic N) is 1. The number of amides is 1. The van der Waals surface area contributed by atoms with E-state index in [1.807, 2.05) is 0 Å². The van der Waals surface area contributed by atoms with Crippen LogP contribution in [-0.4, -0.2) is 28.0 Å². The SMILES string of the molecule is O=C(NC(Cc1ccc2nc(Oc3c(Cl)cccc3Cl)ccc2c1)C(=O)O)c1c(Cl)cccc1Cl. The number of carboxylic acids is 1. The van der Waals surface area contributed by atoms with Gasteiger partial charge in [0.15, 0.2) is 5.75 Å². The van der Waals surface area contributed by atoms with Crippen molar-refractivity contribution < 1.29 is 19.4 Å². The van der Waals surface area contributed by atoms with E-state index in [-0.39, 0.29) is 22.0 Å². The molecule has 0 saturated carbocycles. The highest BCUT2D eigenvalue weighted by Crippen LogP contribution is 2.36. The first kappa shape index (κ1) is 25.1. The summed E-state index contributed by atoms with van der Waals surface area (Å²) >= 11 is 24.4. The standard InChI is InChI=1S/C25H16Cl4N2O4/c26-15-3-1-4-16(27)22(15)24(32)31-20(25(33)34)12-13-7-9-19-14(11-13)8-10-21(30-19)35-23-17(28)5-2-6-18(23)29/h1-11,20H,12H2,(H,31,32)(H,33,34). The van der Waals surface area contributed by atoms with E-state index in [1.54, 1.807) is 54.6 Å². The van der Waals surface area contributed by atoms with E-state index in [4.69, 9.17) is 51.1 Å². The smallest absolute Gasteiger partial charge is 0.326 e. The molecule has 0 aliphatic carbocycles. The Hall–Kier alpha value is -3.03. The van der Waals surface area contributed by atoms with E-state index in [2.05, 4.69) is 10.3 Å². The maximum Gasteiger partial charge on any atom is 0.326 e. The van der Waals surface area contributed by atoms with E-state index in [1.165, 1.54) is 12.1 Å². The first-order valence-electron chi connectivity index (χ1n) is 10.2. The molecule has 0 radical (unpaired) electrons. The van der Waals surface area contributed by atoms with Gasteiger partial charge in [0.25, 0.3) is 5.91 Å². The molecule has 3 aromatic carbocycles. The first-order chi connectivity index (χ1) is 16.7. The minimum atomic E-state index is -1.20. The van der Waals surface area contributed by atoms with Crippen LogP contribution in [0.15, 0.2) is 66.7 Å². The molecule has 1 unspecified atom stereocenters. The van der Waals surface area contributed by atoms with Crippen LogP contribution in [0, 0.1) is 0 Å². The Morgan fingerprint density at radius 2 is 1.51 bits per heavy atom. The second kappa shape index (κ2) is 10.7. The topological polar surface area (TPSA) is 88.5 Å². The van der Waals surface area contributed by atoms with Gasteiger partial charge in [-0.15, -0.1) is 0 Å². The third-order valence-corrected chi connectivity index (χ3v) is 6.31. The Kier molecular flexibility index (Phi) is 7.67. The number of rotatable bonds is 7. The number of carboxylic acid groups (broad SMARTS) is 1. The van der Waals surface area contributed by atoms with Crippen LogP contribution in [0.1, 0.15) is 15.9 Å². The number of hydrogen-bond acceptors (Lipinski definition) is 4. The third kappa shape index (κ3) is 5.80. The van der Waals surface area contributed by atoms with Crippen LogP contribution in [0.4, 0.5) is 0 Å². The lowest BCUT2D eigenvalue weighted by molar-refractivity contribution is -0.139. The van der Waals surface area contributed by atoms with Gasteiger partial charge in [0.05, 0.1) is 31.2 Å². The van der Waals surface area contributed by atoms with Gasteiger partial charge in [-0.05, 0) is 48.0 Å². The summed E-state index contributed by atoms with van der Waals surface area (Å²) in [4.78, 5) is 29.0. The zero-order chi connectivity index (χ0) is 25.1. The van der Waals surface area contributed by atoms with Gasteiger partial charge in [0.1, 0.15) is 6.04 Å². The predicted octanol–water partition coefficient (Wildman–Crippen LogP) is 7.07. The van der Waals surface area contributed by atoms with Gasteiger partial charge in [-0.2, -0.15) is 0 Å². The summed E-state index contributed by atoms with van der Waals surface area (Å²) in [5.41, 5.74) is 1.32. The zero-order valence-electron chi connectivity index (χ0n) is 17.8. The molecule has 0 spiro atoms. The molecule has 0 aliphatic heterocycles. The molecular formula is C25H16Cl4N2O4. The van der Waals surface area contributed by atoms with Crippen LogP contribution in [-0.2, 0) is 11.2 Å². The highest BCUT2D eigenvalue weighted by molar-refractivity contribution is 6.39. The lowest BCUT2D eigenvalue weighted by atomic mass is 10.0. The number of carbonyl (C=O) groups is 2. The average molecular weight is 550 g/mol. The van der Waals surface area contributed by atoms with Crippen molar-refractivity contribution in [1.29, 1.82) is 0 Å². The van der Waals surface area contributed by atoms with Crippen molar-refractivity contribution in [2.24, 2.45) is 0 Å². The molecule has 4 aromatic rings. The molecule has 178 valence electrons. The van der Waals surface area contributed by atoms with Gasteiger partial charge in [0.2, 0.25) is 5.88 Å². The van der Waals surface area contributed by atoms with E-state index in [0.717, 1.165) is 5.39 Å². The van der Waals surface area contributed by atoms with E-state index >= 15 is 0 Å². The Bertz CT molecular complexity index is 1400. The number of pyridine rings is 1. The maximum atomic E-state index is 12.7. The van der Waals surface area contributed by atoms with Crippen molar-refractivity contribution in [3.63, 3.8) is 0 Å². The largest absolute Gasteiger partial charge is 0.480 e. The summed E-state index contributed by atoms with van der Waals surface area (Å²) < 4.78 is 5.76. The van der Waals surface area contributed by atoms with E-state index in [9.17, 15) is 14.7 Å². The average Bonchev–Trinajstić information content (AvgIpc) is 2.81. The number of nitrogens with one attached hydrogen (secondary N) is 1. The van der Waals surface area contributed by atoms with Crippen LogP contribution >= 0.6 is 46.4 Å². The van der Waals surface area contributed by atoms with Crippen LogP contribution in [0.5, 0.6) is 11.6 Å². The fourth-order valence-corrected chi connectivity index (χ4v) is 4.45. The number of aliphatic carboxylic acids is 1. The number of halogens is 4. The van der Waals surface area contributed by atoms with Gasteiger partial charge in [-0.1, -0.05) is 64.6 Å². The lowest BCUT2D eigenvalue weighted by Crippen LogP contribution is -2.42. The maximum absolute atomic E-state index is 12.7. The normalized spacial score (nSPS) is 11.8. The van der Waals surface area contributed by atoms with Gasteiger partial charge < -0.3 is 15.2 Å². The number of aromatic nitrogens is 1. The highest BCUT2D eigenvalue weighted by Gasteiger charge is 2.24. The van der Waals surface area contributed by atoms with Crippen LogP contribution in [0.25, 0.3) is 10.9 Å². The monoisotopic (exact) mass is 548 g/mol. The number of benzene rings is 3. The molecule has 2 N–H and O–H groups in total. The molecule has 10 heteroatoms. The third-order valence-electron chi connectivity index (χ3n) is 5.09. The molecule has 1 amide bonds.